The van der Waals surface area contributed by atoms with Crippen LogP contribution in [0, 0.1) is 0 Å². The standard InChI is InChI=1S/C14H17F3O5/c1-19-8-21-12(6-11(18)13-7-20-13)9-2-4-10(5-3-9)22-14(15,16)17/h2-5,11-13,18H,6-8H2,1H3. The molecule has 0 aromatic heterocycles. The Balaban J connectivity index is 2.02. The number of aliphatic hydroxyl groups is 1. The first kappa shape index (κ1) is 17.0. The number of benzene rings is 1. The molecule has 3 unspecified atom stereocenters. The van der Waals surface area contributed by atoms with E-state index in [2.05, 4.69) is 4.74 Å². The predicted molar refractivity (Wildman–Crippen MR) is 69.2 cm³/mol. The average molecular weight is 322 g/mol. The maximum Gasteiger partial charge on any atom is 0.573 e. The van der Waals surface area contributed by atoms with Crippen molar-refractivity contribution in [1.82, 2.24) is 0 Å². The number of epoxide rings is 1. The van der Waals surface area contributed by atoms with Crippen molar-refractivity contribution in [3.05, 3.63) is 29.8 Å². The Morgan fingerprint density at radius 2 is 1.95 bits per heavy atom. The molecule has 1 aromatic carbocycles. The van der Waals surface area contributed by atoms with E-state index in [0.717, 1.165) is 0 Å². The highest BCUT2D eigenvalue weighted by Gasteiger charge is 2.34. The topological polar surface area (TPSA) is 60.5 Å². The second-order valence-corrected chi connectivity index (χ2v) is 4.85. The zero-order valence-electron chi connectivity index (χ0n) is 11.9. The number of methoxy groups -OCH3 is 1. The van der Waals surface area contributed by atoms with Crippen LogP contribution in [0.1, 0.15) is 18.1 Å². The summed E-state index contributed by atoms with van der Waals surface area (Å²) in [5, 5.41) is 9.91. The second-order valence-electron chi connectivity index (χ2n) is 4.85. The zero-order chi connectivity index (χ0) is 16.2. The van der Waals surface area contributed by atoms with Gasteiger partial charge >= 0.3 is 6.36 Å². The highest BCUT2D eigenvalue weighted by atomic mass is 19.4. The van der Waals surface area contributed by atoms with Crippen LogP contribution in [0.2, 0.25) is 0 Å². The van der Waals surface area contributed by atoms with E-state index < -0.39 is 18.6 Å². The number of ether oxygens (including phenoxy) is 4. The summed E-state index contributed by atoms with van der Waals surface area (Å²) in [6.45, 7) is 0.500. The molecule has 0 bridgehead atoms. The Morgan fingerprint density at radius 1 is 1.32 bits per heavy atom. The molecule has 2 rings (SSSR count). The van der Waals surface area contributed by atoms with Crippen molar-refractivity contribution < 1.29 is 37.2 Å². The average Bonchev–Trinajstić information content (AvgIpc) is 3.27. The van der Waals surface area contributed by atoms with Crippen molar-refractivity contribution in [2.75, 3.05) is 20.5 Å². The van der Waals surface area contributed by atoms with E-state index in [1.165, 1.54) is 31.4 Å². The maximum absolute atomic E-state index is 12.1. The minimum absolute atomic E-state index is 0.00368. The fourth-order valence-corrected chi connectivity index (χ4v) is 1.98. The zero-order valence-corrected chi connectivity index (χ0v) is 11.9. The third-order valence-electron chi connectivity index (χ3n) is 3.12. The van der Waals surface area contributed by atoms with Crippen molar-refractivity contribution >= 4 is 0 Å². The van der Waals surface area contributed by atoms with Crippen LogP contribution in [0.25, 0.3) is 0 Å². The van der Waals surface area contributed by atoms with Crippen LogP contribution in [0.3, 0.4) is 0 Å². The number of halogens is 3. The van der Waals surface area contributed by atoms with Gasteiger partial charge in [0.2, 0.25) is 0 Å². The first-order chi connectivity index (χ1) is 10.4. The second kappa shape index (κ2) is 7.28. The molecule has 0 amide bonds. The van der Waals surface area contributed by atoms with Crippen molar-refractivity contribution in [1.29, 1.82) is 0 Å². The fraction of sp³-hybridized carbons (Fsp3) is 0.571. The Hall–Kier alpha value is -1.35. The molecular weight excluding hydrogens is 305 g/mol. The third-order valence-corrected chi connectivity index (χ3v) is 3.12. The first-order valence-corrected chi connectivity index (χ1v) is 6.65. The van der Waals surface area contributed by atoms with Gasteiger partial charge in [0.05, 0.1) is 18.8 Å². The lowest BCUT2D eigenvalue weighted by Crippen LogP contribution is -2.21. The number of aliphatic hydroxyl groups excluding tert-OH is 1. The van der Waals surface area contributed by atoms with Crippen LogP contribution in [-0.2, 0) is 14.2 Å². The molecule has 22 heavy (non-hydrogen) atoms. The maximum atomic E-state index is 12.1. The summed E-state index contributed by atoms with van der Waals surface area (Å²) in [5.74, 6) is -0.312. The largest absolute Gasteiger partial charge is 0.573 e. The molecule has 0 spiro atoms. The summed E-state index contributed by atoms with van der Waals surface area (Å²) >= 11 is 0. The monoisotopic (exact) mass is 322 g/mol. The van der Waals surface area contributed by atoms with Gasteiger partial charge in [-0.1, -0.05) is 12.1 Å². The Kier molecular flexibility index (Phi) is 5.63. The van der Waals surface area contributed by atoms with Gasteiger partial charge in [-0.3, -0.25) is 0 Å². The molecule has 3 atom stereocenters. The minimum atomic E-state index is -4.73. The van der Waals surface area contributed by atoms with E-state index in [0.29, 0.717) is 12.2 Å². The van der Waals surface area contributed by atoms with Crippen LogP contribution in [-0.4, -0.2) is 44.2 Å². The van der Waals surface area contributed by atoms with Crippen LogP contribution in [0.5, 0.6) is 5.75 Å². The lowest BCUT2D eigenvalue weighted by Gasteiger charge is -2.20. The number of hydrogen-bond acceptors (Lipinski definition) is 5. The molecule has 0 aliphatic carbocycles. The highest BCUT2D eigenvalue weighted by Crippen LogP contribution is 2.30. The normalized spacial score (nSPS) is 20.5. The van der Waals surface area contributed by atoms with Gasteiger partial charge in [-0.2, -0.15) is 0 Å². The summed E-state index contributed by atoms with van der Waals surface area (Å²) in [7, 11) is 1.46. The lowest BCUT2D eigenvalue weighted by atomic mass is 10.0. The van der Waals surface area contributed by atoms with E-state index >= 15 is 0 Å². The van der Waals surface area contributed by atoms with Crippen molar-refractivity contribution in [2.24, 2.45) is 0 Å². The Morgan fingerprint density at radius 3 is 2.45 bits per heavy atom. The van der Waals surface area contributed by atoms with Gasteiger partial charge in [0.25, 0.3) is 0 Å². The van der Waals surface area contributed by atoms with Crippen LogP contribution < -0.4 is 4.74 Å². The smallest absolute Gasteiger partial charge is 0.406 e. The minimum Gasteiger partial charge on any atom is -0.406 e. The van der Waals surface area contributed by atoms with Gasteiger partial charge in [-0.05, 0) is 17.7 Å². The molecule has 1 fully saturated rings. The van der Waals surface area contributed by atoms with E-state index in [1.807, 2.05) is 0 Å². The molecule has 1 heterocycles. The van der Waals surface area contributed by atoms with E-state index in [1.54, 1.807) is 0 Å². The summed E-state index contributed by atoms with van der Waals surface area (Å²) in [6.07, 6.45) is -5.89. The van der Waals surface area contributed by atoms with Crippen LogP contribution >= 0.6 is 0 Å². The summed E-state index contributed by atoms with van der Waals surface area (Å²) in [4.78, 5) is 0. The molecule has 0 saturated carbocycles. The van der Waals surface area contributed by atoms with Gasteiger partial charge < -0.3 is 24.1 Å². The van der Waals surface area contributed by atoms with Gasteiger partial charge in [-0.15, -0.1) is 13.2 Å². The molecule has 0 radical (unpaired) electrons. The molecule has 1 aliphatic heterocycles. The predicted octanol–water partition coefficient (Wildman–Crippen LogP) is 2.40. The van der Waals surface area contributed by atoms with Gasteiger partial charge in [0, 0.05) is 13.5 Å². The van der Waals surface area contributed by atoms with Crippen LogP contribution in [0.15, 0.2) is 24.3 Å². The van der Waals surface area contributed by atoms with Crippen LogP contribution in [0.4, 0.5) is 13.2 Å². The molecule has 1 aliphatic rings. The molecule has 5 nitrogen and oxygen atoms in total. The quantitative estimate of drug-likeness (QED) is 0.588. The molecule has 124 valence electrons. The Bertz CT molecular complexity index is 459. The summed E-state index contributed by atoms with van der Waals surface area (Å²) in [6, 6.07) is 5.32. The van der Waals surface area contributed by atoms with Gasteiger partial charge in [0.15, 0.2) is 0 Å². The Labute approximate surface area is 125 Å². The molecule has 1 aromatic rings. The third kappa shape index (κ3) is 5.45. The lowest BCUT2D eigenvalue weighted by molar-refractivity contribution is -0.274. The molecule has 1 saturated heterocycles. The van der Waals surface area contributed by atoms with Gasteiger partial charge in [-0.25, -0.2) is 0 Å². The van der Waals surface area contributed by atoms with E-state index in [9.17, 15) is 18.3 Å². The number of hydrogen-bond donors (Lipinski definition) is 1. The van der Waals surface area contributed by atoms with Crippen molar-refractivity contribution in [3.8, 4) is 5.75 Å². The van der Waals surface area contributed by atoms with E-state index in [4.69, 9.17) is 14.2 Å². The van der Waals surface area contributed by atoms with Crippen molar-refractivity contribution in [3.63, 3.8) is 0 Å². The highest BCUT2D eigenvalue weighted by molar-refractivity contribution is 5.29. The first-order valence-electron chi connectivity index (χ1n) is 6.65. The summed E-state index contributed by atoms with van der Waals surface area (Å²) < 4.78 is 55.5. The SMILES string of the molecule is COCOC(CC(O)C1CO1)c1ccc(OC(F)(F)F)cc1. The van der Waals surface area contributed by atoms with E-state index in [-0.39, 0.29) is 25.1 Å². The molecule has 8 heteroatoms. The van der Waals surface area contributed by atoms with Gasteiger partial charge in [0.1, 0.15) is 18.6 Å². The fourth-order valence-electron chi connectivity index (χ4n) is 1.98. The summed E-state index contributed by atoms with van der Waals surface area (Å²) in [5.41, 5.74) is 0.617. The van der Waals surface area contributed by atoms with Crippen molar-refractivity contribution in [2.45, 2.75) is 31.1 Å². The number of alkyl halides is 3. The molecular formula is C14H17F3O5. The molecule has 1 N–H and O–H groups in total. The number of rotatable bonds is 8.